The molecule has 1 saturated heterocycles. The lowest BCUT2D eigenvalue weighted by Gasteiger charge is -2.35. The van der Waals surface area contributed by atoms with Crippen LogP contribution in [-0.2, 0) is 11.0 Å². The first-order valence-electron chi connectivity index (χ1n) is 9.55. The maximum atomic E-state index is 13.0. The van der Waals surface area contributed by atoms with Gasteiger partial charge in [-0.2, -0.15) is 13.2 Å². The van der Waals surface area contributed by atoms with Gasteiger partial charge in [-0.3, -0.25) is 9.78 Å². The number of pyridine rings is 1. The number of nitrogens with zero attached hydrogens (tertiary/aromatic N) is 2. The molecule has 7 heteroatoms. The standard InChI is InChI=1S/C21H26F3N3O/c1-20(2,3)19(28)26-12-14-5-4-10-27(13-14)18-8-9-25-17-11-15(21(22,23)24)6-7-16(17)18/h6-9,11,14H,4-5,10,12-13H2,1-3H3,(H,26,28). The van der Waals surface area contributed by atoms with E-state index in [2.05, 4.69) is 15.2 Å². The van der Waals surface area contributed by atoms with E-state index in [0.717, 1.165) is 49.1 Å². The van der Waals surface area contributed by atoms with Crippen LogP contribution in [0.3, 0.4) is 0 Å². The summed E-state index contributed by atoms with van der Waals surface area (Å²) in [7, 11) is 0. The third-order valence-electron chi connectivity index (χ3n) is 5.14. The number of hydrogen-bond donors (Lipinski definition) is 1. The monoisotopic (exact) mass is 393 g/mol. The van der Waals surface area contributed by atoms with E-state index >= 15 is 0 Å². The lowest BCUT2D eigenvalue weighted by molar-refractivity contribution is -0.137. The Morgan fingerprint density at radius 1 is 1.25 bits per heavy atom. The van der Waals surface area contributed by atoms with Crippen molar-refractivity contribution < 1.29 is 18.0 Å². The third-order valence-corrected chi connectivity index (χ3v) is 5.14. The molecule has 1 unspecified atom stereocenters. The number of piperidine rings is 1. The fourth-order valence-electron chi connectivity index (χ4n) is 3.54. The number of alkyl halides is 3. The topological polar surface area (TPSA) is 45.2 Å². The number of halogens is 3. The van der Waals surface area contributed by atoms with Gasteiger partial charge in [0.05, 0.1) is 11.1 Å². The number of nitrogens with one attached hydrogen (secondary N) is 1. The van der Waals surface area contributed by atoms with Crippen molar-refractivity contribution in [3.05, 3.63) is 36.0 Å². The summed E-state index contributed by atoms with van der Waals surface area (Å²) < 4.78 is 39.0. The van der Waals surface area contributed by atoms with Gasteiger partial charge in [0.15, 0.2) is 0 Å². The second-order valence-corrected chi connectivity index (χ2v) is 8.47. The summed E-state index contributed by atoms with van der Waals surface area (Å²) in [5, 5.41) is 3.74. The minimum atomic E-state index is -4.38. The molecule has 1 amide bonds. The van der Waals surface area contributed by atoms with Gasteiger partial charge < -0.3 is 10.2 Å². The zero-order valence-corrected chi connectivity index (χ0v) is 16.4. The molecule has 0 saturated carbocycles. The Balaban J connectivity index is 1.77. The number of anilines is 1. The molecule has 1 N–H and O–H groups in total. The normalized spacial score (nSPS) is 18.4. The van der Waals surface area contributed by atoms with E-state index in [-0.39, 0.29) is 5.91 Å². The Hall–Kier alpha value is -2.31. The molecule has 1 aromatic carbocycles. The molecule has 0 radical (unpaired) electrons. The van der Waals surface area contributed by atoms with Crippen molar-refractivity contribution in [1.29, 1.82) is 0 Å². The fourth-order valence-corrected chi connectivity index (χ4v) is 3.54. The van der Waals surface area contributed by atoms with E-state index in [9.17, 15) is 18.0 Å². The van der Waals surface area contributed by atoms with E-state index in [1.807, 2.05) is 26.8 Å². The lowest BCUT2D eigenvalue weighted by Crippen LogP contribution is -2.43. The largest absolute Gasteiger partial charge is 0.416 e. The van der Waals surface area contributed by atoms with Gasteiger partial charge in [-0.05, 0) is 37.0 Å². The maximum Gasteiger partial charge on any atom is 0.416 e. The molecule has 1 aromatic heterocycles. The molecule has 1 aliphatic rings. The maximum absolute atomic E-state index is 13.0. The summed E-state index contributed by atoms with van der Waals surface area (Å²) in [5.41, 5.74) is 0.124. The van der Waals surface area contributed by atoms with Crippen LogP contribution in [0.1, 0.15) is 39.2 Å². The third kappa shape index (κ3) is 4.56. The molecule has 0 spiro atoms. The van der Waals surface area contributed by atoms with Crippen molar-refractivity contribution in [2.45, 2.75) is 39.8 Å². The molecule has 2 heterocycles. The van der Waals surface area contributed by atoms with Gasteiger partial charge in [0.1, 0.15) is 0 Å². The molecule has 1 fully saturated rings. The number of fused-ring (bicyclic) bond motifs is 1. The van der Waals surface area contributed by atoms with Crippen LogP contribution in [0, 0.1) is 11.3 Å². The number of hydrogen-bond acceptors (Lipinski definition) is 3. The predicted molar refractivity (Wildman–Crippen MR) is 104 cm³/mol. The van der Waals surface area contributed by atoms with Crippen LogP contribution in [0.25, 0.3) is 10.9 Å². The summed E-state index contributed by atoms with van der Waals surface area (Å²) in [6, 6.07) is 5.57. The van der Waals surface area contributed by atoms with Crippen LogP contribution in [-0.4, -0.2) is 30.5 Å². The van der Waals surface area contributed by atoms with Crippen LogP contribution in [0.2, 0.25) is 0 Å². The van der Waals surface area contributed by atoms with Crippen LogP contribution in [0.4, 0.5) is 18.9 Å². The van der Waals surface area contributed by atoms with Gasteiger partial charge in [-0.15, -0.1) is 0 Å². The van der Waals surface area contributed by atoms with E-state index in [1.54, 1.807) is 6.20 Å². The van der Waals surface area contributed by atoms with Crippen molar-refractivity contribution in [2.75, 3.05) is 24.5 Å². The quantitative estimate of drug-likeness (QED) is 0.827. The minimum Gasteiger partial charge on any atom is -0.371 e. The number of rotatable bonds is 3. The Morgan fingerprint density at radius 3 is 2.68 bits per heavy atom. The summed E-state index contributed by atoms with van der Waals surface area (Å²) in [6.07, 6.45) is -0.834. The van der Waals surface area contributed by atoms with Crippen molar-refractivity contribution in [3.8, 4) is 0 Å². The molecule has 0 bridgehead atoms. The number of amides is 1. The molecule has 1 aliphatic heterocycles. The Labute approximate surface area is 163 Å². The van der Waals surface area contributed by atoms with E-state index in [4.69, 9.17) is 0 Å². The highest BCUT2D eigenvalue weighted by atomic mass is 19.4. The van der Waals surface area contributed by atoms with Crippen LogP contribution in [0.5, 0.6) is 0 Å². The van der Waals surface area contributed by atoms with Gasteiger partial charge in [-0.1, -0.05) is 26.8 Å². The lowest BCUT2D eigenvalue weighted by atomic mass is 9.93. The average molecular weight is 393 g/mol. The molecule has 4 nitrogen and oxygen atoms in total. The Kier molecular flexibility index (Phi) is 5.55. The summed E-state index contributed by atoms with van der Waals surface area (Å²) >= 11 is 0. The first-order valence-corrected chi connectivity index (χ1v) is 9.55. The van der Waals surface area contributed by atoms with Crippen molar-refractivity contribution >= 4 is 22.5 Å². The average Bonchev–Trinajstić information content (AvgIpc) is 2.64. The second kappa shape index (κ2) is 7.60. The SMILES string of the molecule is CC(C)(C)C(=O)NCC1CCCN(c2ccnc3cc(C(F)(F)F)ccc23)C1. The van der Waals surface area contributed by atoms with Crippen molar-refractivity contribution in [1.82, 2.24) is 10.3 Å². The molecule has 3 rings (SSSR count). The van der Waals surface area contributed by atoms with Crippen LogP contribution >= 0.6 is 0 Å². The molecular formula is C21H26F3N3O. The highest BCUT2D eigenvalue weighted by molar-refractivity contribution is 5.92. The summed E-state index contributed by atoms with van der Waals surface area (Å²) in [6.45, 7) is 7.84. The van der Waals surface area contributed by atoms with Gasteiger partial charge in [0.25, 0.3) is 0 Å². The zero-order valence-electron chi connectivity index (χ0n) is 16.4. The zero-order chi connectivity index (χ0) is 20.5. The number of aromatic nitrogens is 1. The number of carbonyl (C=O) groups is 1. The van der Waals surface area contributed by atoms with Crippen LogP contribution in [0.15, 0.2) is 30.5 Å². The Morgan fingerprint density at radius 2 is 2.00 bits per heavy atom. The molecule has 152 valence electrons. The van der Waals surface area contributed by atoms with E-state index in [1.165, 1.54) is 6.07 Å². The van der Waals surface area contributed by atoms with Gasteiger partial charge in [0, 0.05) is 42.3 Å². The summed E-state index contributed by atoms with van der Waals surface area (Å²) in [4.78, 5) is 18.4. The van der Waals surface area contributed by atoms with Crippen molar-refractivity contribution in [2.24, 2.45) is 11.3 Å². The van der Waals surface area contributed by atoms with Crippen LogP contribution < -0.4 is 10.2 Å². The minimum absolute atomic E-state index is 0.0265. The molecule has 0 aliphatic carbocycles. The fraction of sp³-hybridized carbons (Fsp3) is 0.524. The van der Waals surface area contributed by atoms with Crippen molar-refractivity contribution in [3.63, 3.8) is 0 Å². The first kappa shape index (κ1) is 20.4. The molecular weight excluding hydrogens is 367 g/mol. The second-order valence-electron chi connectivity index (χ2n) is 8.47. The molecule has 1 atom stereocenters. The van der Waals surface area contributed by atoms with Gasteiger partial charge in [0.2, 0.25) is 5.91 Å². The number of benzene rings is 1. The van der Waals surface area contributed by atoms with Gasteiger partial charge in [-0.25, -0.2) is 0 Å². The molecule has 2 aromatic rings. The highest BCUT2D eigenvalue weighted by Gasteiger charge is 2.31. The van der Waals surface area contributed by atoms with E-state index < -0.39 is 17.2 Å². The highest BCUT2D eigenvalue weighted by Crippen LogP contribution is 2.34. The van der Waals surface area contributed by atoms with Gasteiger partial charge >= 0.3 is 6.18 Å². The van der Waals surface area contributed by atoms with E-state index in [0.29, 0.717) is 18.0 Å². The smallest absolute Gasteiger partial charge is 0.371 e. The summed E-state index contributed by atoms with van der Waals surface area (Å²) in [5.74, 6) is 0.330. The number of carbonyl (C=O) groups excluding carboxylic acids is 1. The molecule has 28 heavy (non-hydrogen) atoms. The first-order chi connectivity index (χ1) is 13.1. The Bertz CT molecular complexity index is 858. The predicted octanol–water partition coefficient (Wildman–Crippen LogP) is 4.63.